The van der Waals surface area contributed by atoms with Gasteiger partial charge in [0, 0.05) is 24.6 Å². The molecule has 0 aliphatic carbocycles. The van der Waals surface area contributed by atoms with Gasteiger partial charge in [-0.15, -0.1) is 6.58 Å². The molecule has 0 amide bonds. The number of hydrogen-bond donors (Lipinski definition) is 0. The van der Waals surface area contributed by atoms with Gasteiger partial charge in [0.15, 0.2) is 17.5 Å². The van der Waals surface area contributed by atoms with Crippen molar-refractivity contribution < 1.29 is 13.5 Å². The Kier molecular flexibility index (Phi) is 10.4. The molecule has 1 heterocycles. The Labute approximate surface area is 178 Å². The van der Waals surface area contributed by atoms with Crippen LogP contribution in [0.3, 0.4) is 0 Å². The van der Waals surface area contributed by atoms with Crippen LogP contribution >= 0.6 is 0 Å². The largest absolute Gasteiger partial charge is 0.379 e. The minimum absolute atomic E-state index is 0.0591. The van der Waals surface area contributed by atoms with Gasteiger partial charge < -0.3 is 4.74 Å². The molecule has 0 saturated carbocycles. The number of nitrogens with zero attached hydrogens (tertiary/aromatic N) is 2. The number of hydrogen-bond acceptors (Lipinski definition) is 3. The maximum Gasteiger partial charge on any atom is 0.170 e. The zero-order valence-corrected chi connectivity index (χ0v) is 18.0. The van der Waals surface area contributed by atoms with Gasteiger partial charge in [0.05, 0.1) is 11.7 Å². The van der Waals surface area contributed by atoms with Crippen molar-refractivity contribution in [3.63, 3.8) is 0 Å². The smallest absolute Gasteiger partial charge is 0.170 e. The second kappa shape index (κ2) is 13.0. The van der Waals surface area contributed by atoms with E-state index in [4.69, 9.17) is 4.74 Å². The average Bonchev–Trinajstić information content (AvgIpc) is 2.75. The molecule has 162 valence electrons. The molecule has 1 aromatic carbocycles. The predicted molar refractivity (Wildman–Crippen MR) is 119 cm³/mol. The molecule has 0 saturated heterocycles. The molecule has 1 aromatic heterocycles. The van der Waals surface area contributed by atoms with Crippen LogP contribution in [-0.2, 0) is 11.2 Å². The van der Waals surface area contributed by atoms with Crippen LogP contribution in [0.1, 0.15) is 63.5 Å². The number of ether oxygens (including phenoxy) is 1. The van der Waals surface area contributed by atoms with Crippen molar-refractivity contribution in [2.45, 2.75) is 64.9 Å². The molecule has 30 heavy (non-hydrogen) atoms. The fourth-order valence-corrected chi connectivity index (χ4v) is 3.09. The molecule has 1 atom stereocenters. The Morgan fingerprint density at radius 3 is 2.57 bits per heavy atom. The summed E-state index contributed by atoms with van der Waals surface area (Å²) in [6, 6.07) is 3.08. The summed E-state index contributed by atoms with van der Waals surface area (Å²) in [5.41, 5.74) is 1.15. The second-order valence-corrected chi connectivity index (χ2v) is 7.46. The standard InChI is InChI=1S/C25H32F2N2O/c1-4-6-10-16-30-19(3)12-8-7-9-13-21-14-15-22(24(27)23(21)26)25-28-17-20(11-5-2)18-29-25/h5,9,13-15,17-19H,2,4,6-8,10-12,16H2,1,3H3/b13-9+. The zero-order valence-electron chi connectivity index (χ0n) is 18.0. The fourth-order valence-electron chi connectivity index (χ4n) is 3.09. The number of aromatic nitrogens is 2. The predicted octanol–water partition coefficient (Wildman–Crippen LogP) is 6.93. The second-order valence-electron chi connectivity index (χ2n) is 7.46. The third kappa shape index (κ3) is 7.45. The van der Waals surface area contributed by atoms with Crippen LogP contribution in [-0.4, -0.2) is 22.7 Å². The topological polar surface area (TPSA) is 35.0 Å². The molecule has 0 radical (unpaired) electrons. The molecule has 0 spiro atoms. The molecule has 0 N–H and O–H groups in total. The molecule has 0 bridgehead atoms. The minimum atomic E-state index is -0.928. The van der Waals surface area contributed by atoms with E-state index in [-0.39, 0.29) is 23.1 Å². The molecule has 2 aromatic rings. The summed E-state index contributed by atoms with van der Waals surface area (Å²) >= 11 is 0. The molecule has 3 nitrogen and oxygen atoms in total. The first-order valence-corrected chi connectivity index (χ1v) is 10.7. The highest BCUT2D eigenvalue weighted by Crippen LogP contribution is 2.24. The van der Waals surface area contributed by atoms with E-state index in [1.165, 1.54) is 18.9 Å². The van der Waals surface area contributed by atoms with Crippen molar-refractivity contribution in [2.24, 2.45) is 0 Å². The maximum absolute atomic E-state index is 14.5. The highest BCUT2D eigenvalue weighted by atomic mass is 19.2. The van der Waals surface area contributed by atoms with Gasteiger partial charge in [0.1, 0.15) is 0 Å². The van der Waals surface area contributed by atoms with Crippen LogP contribution in [0.25, 0.3) is 17.5 Å². The first kappa shape index (κ1) is 23.9. The fraction of sp³-hybridized carbons (Fsp3) is 0.440. The van der Waals surface area contributed by atoms with E-state index in [9.17, 15) is 8.78 Å². The number of benzene rings is 1. The average molecular weight is 415 g/mol. The molecular formula is C25H32F2N2O. The lowest BCUT2D eigenvalue weighted by atomic mass is 10.1. The van der Waals surface area contributed by atoms with Crippen LogP contribution in [0.4, 0.5) is 8.78 Å². The first-order valence-electron chi connectivity index (χ1n) is 10.7. The normalized spacial score (nSPS) is 12.4. The summed E-state index contributed by atoms with van der Waals surface area (Å²) in [6.45, 7) is 8.72. The molecule has 1 unspecified atom stereocenters. The lowest BCUT2D eigenvalue weighted by molar-refractivity contribution is 0.0566. The lowest BCUT2D eigenvalue weighted by Crippen LogP contribution is -2.08. The van der Waals surface area contributed by atoms with Crippen molar-refractivity contribution in [1.29, 1.82) is 0 Å². The molecule has 0 aliphatic heterocycles. The van der Waals surface area contributed by atoms with Gasteiger partial charge in [-0.3, -0.25) is 0 Å². The maximum atomic E-state index is 14.5. The molecular weight excluding hydrogens is 382 g/mol. The van der Waals surface area contributed by atoms with E-state index in [1.54, 1.807) is 30.6 Å². The highest BCUT2D eigenvalue weighted by Gasteiger charge is 2.15. The Bertz CT molecular complexity index is 819. The van der Waals surface area contributed by atoms with Crippen LogP contribution in [0, 0.1) is 11.6 Å². The Morgan fingerprint density at radius 2 is 1.87 bits per heavy atom. The van der Waals surface area contributed by atoms with Gasteiger partial charge >= 0.3 is 0 Å². The Balaban J connectivity index is 1.88. The van der Waals surface area contributed by atoms with Gasteiger partial charge in [-0.1, -0.05) is 44.1 Å². The Morgan fingerprint density at radius 1 is 1.10 bits per heavy atom. The zero-order chi connectivity index (χ0) is 21.8. The first-order chi connectivity index (χ1) is 14.6. The number of unbranched alkanes of at least 4 members (excludes halogenated alkanes) is 3. The van der Waals surface area contributed by atoms with Crippen molar-refractivity contribution in [3.8, 4) is 11.4 Å². The number of halogens is 2. The van der Waals surface area contributed by atoms with Crippen LogP contribution < -0.4 is 0 Å². The van der Waals surface area contributed by atoms with Crippen molar-refractivity contribution in [1.82, 2.24) is 9.97 Å². The molecule has 0 fully saturated rings. The van der Waals surface area contributed by atoms with Gasteiger partial charge in [-0.2, -0.15) is 0 Å². The van der Waals surface area contributed by atoms with Crippen LogP contribution in [0.15, 0.2) is 43.3 Å². The summed E-state index contributed by atoms with van der Waals surface area (Å²) in [6.07, 6.45) is 15.5. The molecule has 5 heteroatoms. The monoisotopic (exact) mass is 414 g/mol. The van der Waals surface area contributed by atoms with E-state index in [0.717, 1.165) is 37.9 Å². The summed E-state index contributed by atoms with van der Waals surface area (Å²) in [4.78, 5) is 8.28. The van der Waals surface area contributed by atoms with E-state index in [0.29, 0.717) is 6.42 Å². The molecule has 0 aliphatic rings. The van der Waals surface area contributed by atoms with Crippen LogP contribution in [0.2, 0.25) is 0 Å². The van der Waals surface area contributed by atoms with E-state index < -0.39 is 11.6 Å². The summed E-state index contributed by atoms with van der Waals surface area (Å²) in [5, 5.41) is 0. The van der Waals surface area contributed by atoms with Gasteiger partial charge in [-0.25, -0.2) is 18.7 Å². The summed E-state index contributed by atoms with van der Waals surface area (Å²) in [5.74, 6) is -1.64. The lowest BCUT2D eigenvalue weighted by Gasteiger charge is -2.12. The molecule has 2 rings (SSSR count). The van der Waals surface area contributed by atoms with Gasteiger partial charge in [-0.05, 0) is 50.7 Å². The van der Waals surface area contributed by atoms with Gasteiger partial charge in [0.25, 0.3) is 0 Å². The SMILES string of the molecule is C=CCc1cnc(-c2ccc(/C=C/CCCC(C)OCCCCC)c(F)c2F)nc1. The highest BCUT2D eigenvalue weighted by molar-refractivity contribution is 5.61. The van der Waals surface area contributed by atoms with E-state index in [2.05, 4.69) is 30.4 Å². The third-order valence-electron chi connectivity index (χ3n) is 4.87. The van der Waals surface area contributed by atoms with Crippen molar-refractivity contribution in [2.75, 3.05) is 6.61 Å². The van der Waals surface area contributed by atoms with Gasteiger partial charge in [0.2, 0.25) is 0 Å². The van der Waals surface area contributed by atoms with E-state index >= 15 is 0 Å². The van der Waals surface area contributed by atoms with Crippen LogP contribution in [0.5, 0.6) is 0 Å². The number of allylic oxidation sites excluding steroid dienone is 2. The Hall–Kier alpha value is -2.40. The van der Waals surface area contributed by atoms with E-state index in [1.807, 2.05) is 6.08 Å². The summed E-state index contributed by atoms with van der Waals surface area (Å²) in [7, 11) is 0. The minimum Gasteiger partial charge on any atom is -0.379 e. The number of rotatable bonds is 13. The van der Waals surface area contributed by atoms with Crippen molar-refractivity contribution >= 4 is 6.08 Å². The quantitative estimate of drug-likeness (QED) is 0.263. The third-order valence-corrected chi connectivity index (χ3v) is 4.87. The van der Waals surface area contributed by atoms with Crippen molar-refractivity contribution in [3.05, 3.63) is 66.0 Å². The summed E-state index contributed by atoms with van der Waals surface area (Å²) < 4.78 is 34.8.